The van der Waals surface area contributed by atoms with Crippen LogP contribution in [-0.4, -0.2) is 0 Å². The third-order valence-corrected chi connectivity index (χ3v) is 7.36. The number of aryl methyl sites for hydroxylation is 2. The normalized spacial score (nSPS) is 13.5. The van der Waals surface area contributed by atoms with Gasteiger partial charge in [0, 0.05) is 22.5 Å². The zero-order chi connectivity index (χ0) is 23.4. The molecule has 0 aliphatic heterocycles. The first kappa shape index (κ1) is 20.7. The molecule has 0 heterocycles. The lowest BCUT2D eigenvalue weighted by atomic mass is 9.80. The fourth-order valence-electron chi connectivity index (χ4n) is 5.56. The minimum Gasteiger partial charge on any atom is -0.310 e. The monoisotopic (exact) mass is 439 g/mol. The van der Waals surface area contributed by atoms with Crippen molar-refractivity contribution >= 4 is 27.8 Å². The molecule has 0 radical (unpaired) electrons. The molecule has 0 saturated carbocycles. The largest absolute Gasteiger partial charge is 0.310 e. The Kier molecular flexibility index (Phi) is 4.64. The highest BCUT2D eigenvalue weighted by molar-refractivity contribution is 5.98. The van der Waals surface area contributed by atoms with Crippen molar-refractivity contribution in [1.82, 2.24) is 0 Å². The maximum atomic E-state index is 2.41. The molecule has 0 unspecified atom stereocenters. The number of anilines is 3. The van der Waals surface area contributed by atoms with Crippen molar-refractivity contribution in [3.8, 4) is 11.1 Å². The summed E-state index contributed by atoms with van der Waals surface area (Å²) in [6, 6.07) is 38.0. The predicted molar refractivity (Wildman–Crippen MR) is 146 cm³/mol. The van der Waals surface area contributed by atoms with E-state index in [2.05, 4.69) is 136 Å². The van der Waals surface area contributed by atoms with Crippen LogP contribution < -0.4 is 4.90 Å². The molecule has 0 spiro atoms. The molecule has 166 valence electrons. The number of nitrogens with zero attached hydrogens (tertiary/aromatic N) is 1. The number of fused-ring (bicyclic) bond motifs is 5. The van der Waals surface area contributed by atoms with E-state index in [1.165, 1.54) is 61.2 Å². The van der Waals surface area contributed by atoms with Crippen LogP contribution in [0.3, 0.4) is 0 Å². The lowest BCUT2D eigenvalue weighted by Gasteiger charge is -2.28. The van der Waals surface area contributed by atoms with E-state index in [4.69, 9.17) is 0 Å². The molecule has 0 saturated heterocycles. The van der Waals surface area contributed by atoms with Crippen molar-refractivity contribution in [3.05, 3.63) is 125 Å². The van der Waals surface area contributed by atoms with Crippen LogP contribution in [0.4, 0.5) is 17.1 Å². The molecule has 5 aromatic carbocycles. The van der Waals surface area contributed by atoms with Gasteiger partial charge in [0.2, 0.25) is 0 Å². The number of hydrogen-bond donors (Lipinski definition) is 0. The summed E-state index contributed by atoms with van der Waals surface area (Å²) in [7, 11) is 0. The Labute approximate surface area is 202 Å². The average molecular weight is 440 g/mol. The molecule has 0 aromatic heterocycles. The number of benzene rings is 5. The van der Waals surface area contributed by atoms with E-state index in [0.29, 0.717) is 0 Å². The minimum absolute atomic E-state index is 0.0756. The van der Waals surface area contributed by atoms with E-state index in [9.17, 15) is 0 Å². The van der Waals surface area contributed by atoms with Crippen LogP contribution in [0.15, 0.2) is 103 Å². The predicted octanol–water partition coefficient (Wildman–Crippen LogP) is 9.23. The summed E-state index contributed by atoms with van der Waals surface area (Å²) < 4.78 is 0. The molecule has 5 aromatic rings. The van der Waals surface area contributed by atoms with Gasteiger partial charge < -0.3 is 4.90 Å². The highest BCUT2D eigenvalue weighted by Crippen LogP contribution is 2.52. The quantitative estimate of drug-likeness (QED) is 0.271. The third-order valence-electron chi connectivity index (χ3n) is 7.36. The maximum Gasteiger partial charge on any atom is 0.0465 e. The maximum absolute atomic E-state index is 2.41. The van der Waals surface area contributed by atoms with Crippen LogP contribution in [0.5, 0.6) is 0 Å². The van der Waals surface area contributed by atoms with Crippen LogP contribution in [-0.2, 0) is 5.41 Å². The van der Waals surface area contributed by atoms with Crippen molar-refractivity contribution in [2.75, 3.05) is 4.90 Å². The van der Waals surface area contributed by atoms with E-state index in [1.807, 2.05) is 0 Å². The summed E-state index contributed by atoms with van der Waals surface area (Å²) in [4.78, 5) is 2.37. The number of hydrogen-bond acceptors (Lipinski definition) is 1. The Bertz CT molecular complexity index is 1480. The summed E-state index contributed by atoms with van der Waals surface area (Å²) in [5.41, 5.74) is 11.5. The SMILES string of the molecule is Cc1ccc(N(c2ccc(C)cc2)c2ccc3c(c2)C(C)(C)c2c-3ccc3ccccc23)cc1. The zero-order valence-electron chi connectivity index (χ0n) is 20.3. The van der Waals surface area contributed by atoms with Crippen LogP contribution in [0.1, 0.15) is 36.1 Å². The number of rotatable bonds is 3. The molecule has 6 rings (SSSR count). The molecular formula is C33H29N. The van der Waals surface area contributed by atoms with Crippen LogP contribution in [0.25, 0.3) is 21.9 Å². The van der Waals surface area contributed by atoms with E-state index in [0.717, 1.165) is 0 Å². The van der Waals surface area contributed by atoms with Gasteiger partial charge in [-0.15, -0.1) is 0 Å². The molecule has 1 aliphatic carbocycles. The Morgan fingerprint density at radius 3 is 1.76 bits per heavy atom. The fraction of sp³-hybridized carbons (Fsp3) is 0.152. The van der Waals surface area contributed by atoms with Crippen LogP contribution in [0.2, 0.25) is 0 Å². The lowest BCUT2D eigenvalue weighted by Crippen LogP contribution is -2.17. The summed E-state index contributed by atoms with van der Waals surface area (Å²) in [6.07, 6.45) is 0. The van der Waals surface area contributed by atoms with Gasteiger partial charge in [-0.1, -0.05) is 91.7 Å². The summed E-state index contributed by atoms with van der Waals surface area (Å²) in [6.45, 7) is 9.02. The molecule has 0 atom stereocenters. The van der Waals surface area contributed by atoms with E-state index in [-0.39, 0.29) is 5.41 Å². The average Bonchev–Trinajstić information content (AvgIpc) is 3.08. The molecule has 0 bridgehead atoms. The van der Waals surface area contributed by atoms with Crippen LogP contribution >= 0.6 is 0 Å². The molecule has 0 N–H and O–H groups in total. The second kappa shape index (κ2) is 7.60. The first-order valence-corrected chi connectivity index (χ1v) is 12.0. The second-order valence-electron chi connectivity index (χ2n) is 10.1. The Balaban J connectivity index is 1.55. The standard InChI is InChI=1S/C33H29N/c1-22-9-14-25(15-10-22)34(26-16-11-23(2)12-17-26)27-18-20-29-30-19-13-24-7-5-6-8-28(24)32(30)33(3,4)31(29)21-27/h5-21H,1-4H3. The van der Waals surface area contributed by atoms with Gasteiger partial charge in [0.15, 0.2) is 0 Å². The molecular weight excluding hydrogens is 410 g/mol. The first-order chi connectivity index (χ1) is 16.4. The van der Waals surface area contributed by atoms with Gasteiger partial charge in [-0.2, -0.15) is 0 Å². The fourth-order valence-corrected chi connectivity index (χ4v) is 5.56. The van der Waals surface area contributed by atoms with E-state index < -0.39 is 0 Å². The molecule has 0 amide bonds. The molecule has 34 heavy (non-hydrogen) atoms. The van der Waals surface area contributed by atoms with Gasteiger partial charge in [-0.25, -0.2) is 0 Å². The Hall–Kier alpha value is -3.84. The first-order valence-electron chi connectivity index (χ1n) is 12.0. The van der Waals surface area contributed by atoms with Crippen molar-refractivity contribution in [1.29, 1.82) is 0 Å². The van der Waals surface area contributed by atoms with Gasteiger partial charge in [0.25, 0.3) is 0 Å². The van der Waals surface area contributed by atoms with E-state index in [1.54, 1.807) is 0 Å². The summed E-state index contributed by atoms with van der Waals surface area (Å²) in [5.74, 6) is 0. The zero-order valence-corrected chi connectivity index (χ0v) is 20.3. The topological polar surface area (TPSA) is 3.24 Å². The summed E-state index contributed by atoms with van der Waals surface area (Å²) >= 11 is 0. The van der Waals surface area contributed by atoms with E-state index >= 15 is 0 Å². The Morgan fingerprint density at radius 1 is 0.559 bits per heavy atom. The minimum atomic E-state index is -0.0756. The molecule has 1 heteroatoms. The third kappa shape index (κ3) is 3.15. The van der Waals surface area contributed by atoms with Crippen molar-refractivity contribution < 1.29 is 0 Å². The second-order valence-corrected chi connectivity index (χ2v) is 10.1. The molecule has 0 fully saturated rings. The molecule has 1 aliphatic rings. The van der Waals surface area contributed by atoms with Gasteiger partial charge in [-0.05, 0) is 83.3 Å². The van der Waals surface area contributed by atoms with Gasteiger partial charge in [0.05, 0.1) is 0 Å². The van der Waals surface area contributed by atoms with Crippen molar-refractivity contribution in [2.24, 2.45) is 0 Å². The van der Waals surface area contributed by atoms with Gasteiger partial charge in [0.1, 0.15) is 0 Å². The Morgan fingerprint density at radius 2 is 1.12 bits per heavy atom. The van der Waals surface area contributed by atoms with Gasteiger partial charge in [-0.3, -0.25) is 0 Å². The molecule has 1 nitrogen and oxygen atoms in total. The van der Waals surface area contributed by atoms with Crippen molar-refractivity contribution in [2.45, 2.75) is 33.1 Å². The van der Waals surface area contributed by atoms with Gasteiger partial charge >= 0.3 is 0 Å². The highest BCUT2D eigenvalue weighted by Gasteiger charge is 2.37. The highest BCUT2D eigenvalue weighted by atomic mass is 15.1. The smallest absolute Gasteiger partial charge is 0.0465 e. The lowest BCUT2D eigenvalue weighted by molar-refractivity contribution is 0.666. The summed E-state index contributed by atoms with van der Waals surface area (Å²) in [5, 5.41) is 2.67. The van der Waals surface area contributed by atoms with Crippen molar-refractivity contribution in [3.63, 3.8) is 0 Å². The van der Waals surface area contributed by atoms with Crippen LogP contribution in [0, 0.1) is 13.8 Å².